The van der Waals surface area contributed by atoms with Gasteiger partial charge in [-0.05, 0) is 78.8 Å². The van der Waals surface area contributed by atoms with E-state index >= 15 is 0 Å². The molecule has 2 aromatic carbocycles. The van der Waals surface area contributed by atoms with Crippen molar-refractivity contribution in [2.75, 3.05) is 0 Å². The van der Waals surface area contributed by atoms with Crippen LogP contribution in [0.3, 0.4) is 0 Å². The first-order valence-corrected chi connectivity index (χ1v) is 12.0. The van der Waals surface area contributed by atoms with E-state index in [0.29, 0.717) is 24.4 Å². The van der Waals surface area contributed by atoms with Crippen LogP contribution in [-0.4, -0.2) is 14.3 Å². The molecule has 0 bridgehead atoms. The zero-order chi connectivity index (χ0) is 21.1. The largest absolute Gasteiger partial charge is 0.352 e. The Morgan fingerprint density at radius 3 is 2.23 bits per heavy atom. The summed E-state index contributed by atoms with van der Waals surface area (Å²) in [7, 11) is -3.74. The lowest BCUT2D eigenvalue weighted by Gasteiger charge is -2.15. The quantitative estimate of drug-likeness (QED) is 0.603. The van der Waals surface area contributed by atoms with E-state index in [1.807, 2.05) is 0 Å². The van der Waals surface area contributed by atoms with E-state index in [9.17, 15) is 17.6 Å². The molecule has 0 spiro atoms. The Balaban J connectivity index is 1.32. The second-order valence-electron chi connectivity index (χ2n) is 8.42. The van der Waals surface area contributed by atoms with Crippen LogP contribution in [0, 0.1) is 23.6 Å². The van der Waals surface area contributed by atoms with E-state index in [-0.39, 0.29) is 17.3 Å². The zero-order valence-electron chi connectivity index (χ0n) is 16.8. The van der Waals surface area contributed by atoms with E-state index in [2.05, 4.69) is 10.0 Å². The molecule has 4 rings (SSSR count). The van der Waals surface area contributed by atoms with Gasteiger partial charge in [0.25, 0.3) is 0 Å². The van der Waals surface area contributed by atoms with Crippen LogP contribution < -0.4 is 10.0 Å². The molecule has 5 nitrogen and oxygen atoms in total. The molecule has 0 atom stereocenters. The maximum absolute atomic E-state index is 13.3. The number of benzene rings is 2. The number of hydrogen-bond acceptors (Lipinski definition) is 3. The molecule has 0 heterocycles. The second kappa shape index (κ2) is 8.86. The van der Waals surface area contributed by atoms with Gasteiger partial charge in [-0.3, -0.25) is 4.79 Å². The maximum Gasteiger partial charge on any atom is 0.240 e. The van der Waals surface area contributed by atoms with Crippen LogP contribution in [0.2, 0.25) is 0 Å². The molecule has 30 heavy (non-hydrogen) atoms. The van der Waals surface area contributed by atoms with E-state index in [4.69, 9.17) is 0 Å². The summed E-state index contributed by atoms with van der Waals surface area (Å²) in [5, 5.41) is 2.94. The van der Waals surface area contributed by atoms with Gasteiger partial charge in [0.15, 0.2) is 0 Å². The highest BCUT2D eigenvalue weighted by Gasteiger charge is 2.42. The van der Waals surface area contributed by atoms with Crippen LogP contribution in [0.15, 0.2) is 53.4 Å². The molecule has 2 aromatic rings. The number of rotatable bonds is 10. The van der Waals surface area contributed by atoms with E-state index in [0.717, 1.165) is 17.4 Å². The average Bonchev–Trinajstić information content (AvgIpc) is 3.63. The van der Waals surface area contributed by atoms with Gasteiger partial charge in [0, 0.05) is 19.5 Å². The fraction of sp³-hybridized carbons (Fsp3) is 0.435. The number of hydrogen-bond donors (Lipinski definition) is 2. The third-order valence-corrected chi connectivity index (χ3v) is 7.33. The first kappa shape index (κ1) is 21.0. The molecule has 2 fully saturated rings. The molecular weight excluding hydrogens is 403 g/mol. The Kier molecular flexibility index (Phi) is 6.20. The summed E-state index contributed by atoms with van der Waals surface area (Å²) in [6.07, 6.45) is 5.56. The van der Waals surface area contributed by atoms with Crippen molar-refractivity contribution in [1.29, 1.82) is 0 Å². The fourth-order valence-electron chi connectivity index (χ4n) is 3.99. The highest BCUT2D eigenvalue weighted by molar-refractivity contribution is 7.89. The third-order valence-electron chi connectivity index (χ3n) is 5.93. The van der Waals surface area contributed by atoms with Crippen molar-refractivity contribution < 1.29 is 17.6 Å². The Hall–Kier alpha value is -2.25. The molecule has 0 saturated heterocycles. The van der Waals surface area contributed by atoms with Crippen LogP contribution in [0.25, 0.3) is 0 Å². The van der Waals surface area contributed by atoms with Gasteiger partial charge < -0.3 is 5.32 Å². The van der Waals surface area contributed by atoms with Crippen molar-refractivity contribution >= 4 is 15.9 Å². The number of halogens is 1. The van der Waals surface area contributed by atoms with Gasteiger partial charge in [-0.25, -0.2) is 17.5 Å². The molecule has 0 aliphatic heterocycles. The van der Waals surface area contributed by atoms with Crippen LogP contribution in [-0.2, 0) is 27.9 Å². The summed E-state index contributed by atoms with van der Waals surface area (Å²) < 4.78 is 41.0. The molecule has 160 valence electrons. The molecule has 1 amide bonds. The van der Waals surface area contributed by atoms with Gasteiger partial charge >= 0.3 is 0 Å². The molecule has 0 radical (unpaired) electrons. The topological polar surface area (TPSA) is 75.3 Å². The van der Waals surface area contributed by atoms with Gasteiger partial charge in [-0.1, -0.05) is 24.3 Å². The summed E-state index contributed by atoms with van der Waals surface area (Å²) in [5.41, 5.74) is 1.27. The normalized spacial score (nSPS) is 16.6. The second-order valence-corrected chi connectivity index (χ2v) is 10.2. The predicted molar refractivity (Wildman–Crippen MR) is 112 cm³/mol. The van der Waals surface area contributed by atoms with Crippen molar-refractivity contribution in [1.82, 2.24) is 10.0 Å². The number of sulfonamides is 1. The Morgan fingerprint density at radius 1 is 0.967 bits per heavy atom. The van der Waals surface area contributed by atoms with E-state index in [1.54, 1.807) is 30.3 Å². The van der Waals surface area contributed by atoms with Gasteiger partial charge in [0.05, 0.1) is 4.90 Å². The third kappa shape index (κ3) is 5.67. The molecule has 2 N–H and O–H groups in total. The van der Waals surface area contributed by atoms with Crippen molar-refractivity contribution in [2.45, 2.75) is 50.1 Å². The lowest BCUT2D eigenvalue weighted by atomic mass is 9.94. The summed E-state index contributed by atoms with van der Waals surface area (Å²) in [6.45, 7) is 0.304. The smallest absolute Gasteiger partial charge is 0.240 e. The molecule has 2 aliphatic rings. The van der Waals surface area contributed by atoms with Crippen molar-refractivity contribution in [3.05, 3.63) is 65.5 Å². The SMILES string of the molecule is O=C(CC(C1CC1)C1CC1)NCc1cccc(S(=O)(=O)NCc2cccc(F)c2)c1. The van der Waals surface area contributed by atoms with Crippen LogP contribution in [0.1, 0.15) is 43.2 Å². The Labute approximate surface area is 177 Å². The van der Waals surface area contributed by atoms with Gasteiger partial charge in [0.2, 0.25) is 15.9 Å². The summed E-state index contributed by atoms with van der Waals surface area (Å²) in [4.78, 5) is 12.5. The highest BCUT2D eigenvalue weighted by Crippen LogP contribution is 2.50. The number of carbonyl (C=O) groups is 1. The zero-order valence-corrected chi connectivity index (χ0v) is 17.6. The number of nitrogens with one attached hydrogen (secondary N) is 2. The first-order valence-electron chi connectivity index (χ1n) is 10.5. The monoisotopic (exact) mass is 430 g/mol. The summed E-state index contributed by atoms with van der Waals surface area (Å²) >= 11 is 0. The Morgan fingerprint density at radius 2 is 1.60 bits per heavy atom. The van der Waals surface area contributed by atoms with Gasteiger partial charge in [0.1, 0.15) is 5.82 Å². The van der Waals surface area contributed by atoms with E-state index < -0.39 is 15.8 Å². The minimum atomic E-state index is -3.74. The number of carbonyl (C=O) groups excluding carboxylic acids is 1. The van der Waals surface area contributed by atoms with Crippen LogP contribution in [0.5, 0.6) is 0 Å². The predicted octanol–water partition coefficient (Wildman–Crippen LogP) is 3.75. The van der Waals surface area contributed by atoms with Crippen LogP contribution in [0.4, 0.5) is 4.39 Å². The summed E-state index contributed by atoms with van der Waals surface area (Å²) in [6, 6.07) is 12.3. The molecular formula is C23H27FN2O3S. The van der Waals surface area contributed by atoms with Crippen molar-refractivity contribution in [3.8, 4) is 0 Å². The lowest BCUT2D eigenvalue weighted by Crippen LogP contribution is -2.27. The highest BCUT2D eigenvalue weighted by atomic mass is 32.2. The molecule has 0 aromatic heterocycles. The van der Waals surface area contributed by atoms with Crippen molar-refractivity contribution in [2.24, 2.45) is 17.8 Å². The minimum Gasteiger partial charge on any atom is -0.352 e. The fourth-order valence-corrected chi connectivity index (χ4v) is 5.07. The molecule has 2 saturated carbocycles. The molecule has 0 unspecified atom stereocenters. The molecule has 2 aliphatic carbocycles. The minimum absolute atomic E-state index is 0.00474. The lowest BCUT2D eigenvalue weighted by molar-refractivity contribution is -0.122. The van der Waals surface area contributed by atoms with E-state index in [1.165, 1.54) is 43.9 Å². The average molecular weight is 431 g/mol. The number of amides is 1. The van der Waals surface area contributed by atoms with Gasteiger partial charge in [-0.2, -0.15) is 0 Å². The first-order chi connectivity index (χ1) is 14.4. The summed E-state index contributed by atoms with van der Waals surface area (Å²) in [5.74, 6) is 1.59. The molecule has 7 heteroatoms. The van der Waals surface area contributed by atoms with Crippen molar-refractivity contribution in [3.63, 3.8) is 0 Å². The standard InChI is InChI=1S/C23H27FN2O3S/c24-20-5-1-3-16(11-20)15-26-30(28,29)21-6-2-4-17(12-21)14-25-23(27)13-22(18-7-8-18)19-9-10-19/h1-6,11-12,18-19,22,26H,7-10,13-15H2,(H,25,27). The maximum atomic E-state index is 13.3. The Bertz CT molecular complexity index is 1000. The van der Waals surface area contributed by atoms with Gasteiger partial charge in [-0.15, -0.1) is 0 Å². The van der Waals surface area contributed by atoms with Crippen LogP contribution >= 0.6 is 0 Å².